The van der Waals surface area contributed by atoms with E-state index in [1.54, 1.807) is 6.07 Å². The van der Waals surface area contributed by atoms with Crippen LogP contribution < -0.4 is 5.73 Å². The van der Waals surface area contributed by atoms with Crippen molar-refractivity contribution in [2.75, 3.05) is 0 Å². The van der Waals surface area contributed by atoms with Crippen LogP contribution in [0.4, 0.5) is 4.39 Å². The number of benzene rings is 1. The number of nitrogens with two attached hydrogens (primary N) is 1. The van der Waals surface area contributed by atoms with Crippen LogP contribution in [0.25, 0.3) is 10.4 Å². The maximum Gasteiger partial charge on any atom is 0.337 e. The van der Waals surface area contributed by atoms with Gasteiger partial charge in [0.25, 0.3) is 0 Å². The van der Waals surface area contributed by atoms with Gasteiger partial charge in [0.15, 0.2) is 0 Å². The van der Waals surface area contributed by atoms with E-state index in [9.17, 15) is 14.3 Å². The van der Waals surface area contributed by atoms with Crippen LogP contribution >= 0.6 is 11.3 Å². The van der Waals surface area contributed by atoms with Gasteiger partial charge in [0, 0.05) is 16.3 Å². The average molecular weight is 333 g/mol. The molecule has 23 heavy (non-hydrogen) atoms. The molecule has 0 fully saturated rings. The van der Waals surface area contributed by atoms with Crippen molar-refractivity contribution in [3.05, 3.63) is 45.6 Å². The third kappa shape index (κ3) is 3.03. The molecule has 3 nitrogen and oxygen atoms in total. The molecular formula is C18H20FNO2S. The molecule has 3 N–H and O–H groups in total. The number of aryl methyl sites for hydroxylation is 1. The summed E-state index contributed by atoms with van der Waals surface area (Å²) in [5, 5.41) is 9.73. The maximum atomic E-state index is 13.8. The summed E-state index contributed by atoms with van der Waals surface area (Å²) in [7, 11) is 0. The monoisotopic (exact) mass is 333 g/mol. The second kappa shape index (κ2) is 5.73. The number of carboxylic acids is 1. The summed E-state index contributed by atoms with van der Waals surface area (Å²) >= 11 is 1.48. The predicted octanol–water partition coefficient (Wildman–Crippen LogP) is 4.23. The molecule has 0 saturated carbocycles. The molecule has 1 aliphatic rings. The van der Waals surface area contributed by atoms with Gasteiger partial charge in [0.1, 0.15) is 5.82 Å². The zero-order valence-corrected chi connectivity index (χ0v) is 14.1. The number of rotatable bonds is 3. The van der Waals surface area contributed by atoms with Crippen LogP contribution in [0.3, 0.4) is 0 Å². The second-order valence-electron chi connectivity index (χ2n) is 6.91. The SMILES string of the molecule is CC1(C)CCc2sc(-c3cc(F)cc(CN)c3)c(C(=O)O)c2C1. The van der Waals surface area contributed by atoms with Crippen molar-refractivity contribution in [1.82, 2.24) is 0 Å². The largest absolute Gasteiger partial charge is 0.478 e. The Labute approximate surface area is 139 Å². The Morgan fingerprint density at radius 2 is 2.13 bits per heavy atom. The fourth-order valence-electron chi connectivity index (χ4n) is 3.25. The lowest BCUT2D eigenvalue weighted by Gasteiger charge is -2.29. The van der Waals surface area contributed by atoms with Crippen molar-refractivity contribution in [3.63, 3.8) is 0 Å². The van der Waals surface area contributed by atoms with Crippen molar-refractivity contribution in [2.24, 2.45) is 11.1 Å². The first-order chi connectivity index (χ1) is 10.8. The van der Waals surface area contributed by atoms with E-state index in [1.807, 2.05) is 0 Å². The highest BCUT2D eigenvalue weighted by molar-refractivity contribution is 7.16. The molecule has 0 unspecified atom stereocenters. The van der Waals surface area contributed by atoms with Gasteiger partial charge >= 0.3 is 5.97 Å². The van der Waals surface area contributed by atoms with Crippen molar-refractivity contribution < 1.29 is 14.3 Å². The van der Waals surface area contributed by atoms with Gasteiger partial charge in [0.05, 0.1) is 5.56 Å². The van der Waals surface area contributed by atoms with E-state index in [0.717, 1.165) is 29.7 Å². The summed E-state index contributed by atoms with van der Waals surface area (Å²) in [5.74, 6) is -1.32. The van der Waals surface area contributed by atoms with Gasteiger partial charge < -0.3 is 10.8 Å². The lowest BCUT2D eigenvalue weighted by atomic mass is 9.76. The van der Waals surface area contributed by atoms with E-state index in [-0.39, 0.29) is 17.8 Å². The Hall–Kier alpha value is -1.72. The molecule has 1 heterocycles. The molecule has 5 heteroatoms. The highest BCUT2D eigenvalue weighted by Crippen LogP contribution is 2.45. The van der Waals surface area contributed by atoms with E-state index in [2.05, 4.69) is 13.8 Å². The predicted molar refractivity (Wildman–Crippen MR) is 90.4 cm³/mol. The van der Waals surface area contributed by atoms with Crippen molar-refractivity contribution >= 4 is 17.3 Å². The van der Waals surface area contributed by atoms with Gasteiger partial charge in [-0.05, 0) is 59.6 Å². The quantitative estimate of drug-likeness (QED) is 0.883. The minimum atomic E-state index is -0.936. The van der Waals surface area contributed by atoms with Gasteiger partial charge in [-0.2, -0.15) is 0 Å². The van der Waals surface area contributed by atoms with Crippen molar-refractivity contribution in [1.29, 1.82) is 0 Å². The Kier molecular flexibility index (Phi) is 4.02. The topological polar surface area (TPSA) is 63.3 Å². The summed E-state index contributed by atoms with van der Waals surface area (Å²) in [6.45, 7) is 4.55. The van der Waals surface area contributed by atoms with E-state index < -0.39 is 5.97 Å². The molecule has 0 saturated heterocycles. The molecule has 122 valence electrons. The first-order valence-corrected chi connectivity index (χ1v) is 8.50. The maximum absolute atomic E-state index is 13.8. The number of fused-ring (bicyclic) bond motifs is 1. The minimum absolute atomic E-state index is 0.0971. The smallest absolute Gasteiger partial charge is 0.337 e. The standard InChI is InChI=1S/C18H20FNO2S/c1-18(2)4-3-14-13(8-18)15(17(21)22)16(23-14)11-5-10(9-20)6-12(19)7-11/h5-7H,3-4,8-9,20H2,1-2H3,(H,21,22). The molecule has 0 spiro atoms. The van der Waals surface area contributed by atoms with E-state index in [0.29, 0.717) is 21.6 Å². The molecule has 0 amide bonds. The van der Waals surface area contributed by atoms with Crippen molar-refractivity contribution in [2.45, 2.75) is 39.7 Å². The molecule has 0 bridgehead atoms. The molecule has 2 aromatic rings. The molecule has 1 aliphatic carbocycles. The van der Waals surface area contributed by atoms with Crippen LogP contribution in [-0.2, 0) is 19.4 Å². The third-order valence-electron chi connectivity index (χ3n) is 4.44. The third-order valence-corrected chi connectivity index (χ3v) is 5.79. The Balaban J connectivity index is 2.19. The number of carbonyl (C=O) groups is 1. The normalized spacial score (nSPS) is 16.2. The molecular weight excluding hydrogens is 313 g/mol. The first kappa shape index (κ1) is 16.1. The van der Waals surface area contributed by atoms with E-state index >= 15 is 0 Å². The number of aromatic carboxylic acids is 1. The summed E-state index contributed by atoms with van der Waals surface area (Å²) in [5.41, 5.74) is 8.26. The van der Waals surface area contributed by atoms with Crippen LogP contribution in [0.15, 0.2) is 18.2 Å². The average Bonchev–Trinajstić information content (AvgIpc) is 2.83. The number of thiophene rings is 1. The molecule has 1 aromatic heterocycles. The van der Waals surface area contributed by atoms with E-state index in [1.165, 1.54) is 23.5 Å². The number of hydrogen-bond donors (Lipinski definition) is 2. The zero-order chi connectivity index (χ0) is 16.8. The molecule has 0 radical (unpaired) electrons. The van der Waals surface area contributed by atoms with Crippen LogP contribution in [0.2, 0.25) is 0 Å². The Morgan fingerprint density at radius 3 is 2.78 bits per heavy atom. The van der Waals surface area contributed by atoms with Crippen LogP contribution in [0.1, 0.15) is 46.6 Å². The summed E-state index contributed by atoms with van der Waals surface area (Å²) in [6, 6.07) is 4.58. The highest BCUT2D eigenvalue weighted by Gasteiger charge is 2.33. The van der Waals surface area contributed by atoms with Crippen LogP contribution in [-0.4, -0.2) is 11.1 Å². The van der Waals surface area contributed by atoms with Gasteiger partial charge in [-0.1, -0.05) is 13.8 Å². The van der Waals surface area contributed by atoms with Crippen LogP contribution in [0, 0.1) is 11.2 Å². The second-order valence-corrected chi connectivity index (χ2v) is 8.01. The molecule has 0 aliphatic heterocycles. The van der Waals surface area contributed by atoms with Crippen molar-refractivity contribution in [3.8, 4) is 10.4 Å². The fraction of sp³-hybridized carbons (Fsp3) is 0.389. The number of carboxylic acid groups (broad SMARTS) is 1. The molecule has 3 rings (SSSR count). The lowest BCUT2D eigenvalue weighted by molar-refractivity contribution is 0.0696. The summed E-state index contributed by atoms with van der Waals surface area (Å²) in [4.78, 5) is 13.6. The Bertz CT molecular complexity index is 780. The Morgan fingerprint density at radius 1 is 1.39 bits per heavy atom. The molecule has 0 atom stereocenters. The zero-order valence-electron chi connectivity index (χ0n) is 13.3. The highest BCUT2D eigenvalue weighted by atomic mass is 32.1. The summed E-state index contributed by atoms with van der Waals surface area (Å²) in [6.07, 6.45) is 2.67. The van der Waals surface area contributed by atoms with Crippen LogP contribution in [0.5, 0.6) is 0 Å². The van der Waals surface area contributed by atoms with Gasteiger partial charge in [0.2, 0.25) is 0 Å². The first-order valence-electron chi connectivity index (χ1n) is 7.68. The summed E-state index contributed by atoms with van der Waals surface area (Å²) < 4.78 is 13.8. The number of halogens is 1. The molecule has 1 aromatic carbocycles. The fourth-order valence-corrected chi connectivity index (χ4v) is 4.55. The van der Waals surface area contributed by atoms with Gasteiger partial charge in [-0.25, -0.2) is 9.18 Å². The number of hydrogen-bond acceptors (Lipinski definition) is 3. The minimum Gasteiger partial charge on any atom is -0.478 e. The van der Waals surface area contributed by atoms with Gasteiger partial charge in [-0.15, -0.1) is 11.3 Å². The lowest BCUT2D eigenvalue weighted by Crippen LogP contribution is -2.22. The van der Waals surface area contributed by atoms with E-state index in [4.69, 9.17) is 5.73 Å². The van der Waals surface area contributed by atoms with Gasteiger partial charge in [-0.3, -0.25) is 0 Å².